The van der Waals surface area contributed by atoms with Gasteiger partial charge in [-0.05, 0) is 17.7 Å². The number of thiazole rings is 1. The highest BCUT2D eigenvalue weighted by Crippen LogP contribution is 2.24. The maximum absolute atomic E-state index is 8.86. The van der Waals surface area contributed by atoms with E-state index in [2.05, 4.69) is 21.6 Å². The van der Waals surface area contributed by atoms with Gasteiger partial charge in [-0.3, -0.25) is 5.43 Å². The second-order valence-electron chi connectivity index (χ2n) is 4.51. The molecule has 3 rings (SSSR count). The van der Waals surface area contributed by atoms with Crippen LogP contribution in [-0.4, -0.2) is 11.2 Å². The fourth-order valence-corrected chi connectivity index (χ4v) is 2.59. The number of nitrogens with one attached hydrogen (secondary N) is 1. The summed E-state index contributed by atoms with van der Waals surface area (Å²) in [6, 6.07) is 19.4. The van der Waals surface area contributed by atoms with Gasteiger partial charge in [0.25, 0.3) is 0 Å². The van der Waals surface area contributed by atoms with Gasteiger partial charge in [-0.2, -0.15) is 10.4 Å². The van der Waals surface area contributed by atoms with E-state index >= 15 is 0 Å². The highest BCUT2D eigenvalue weighted by atomic mass is 32.1. The molecule has 0 aliphatic carbocycles. The minimum Gasteiger partial charge on any atom is -0.253 e. The summed E-state index contributed by atoms with van der Waals surface area (Å²) in [6.07, 6.45) is 1.67. The molecule has 0 amide bonds. The van der Waals surface area contributed by atoms with Crippen LogP contribution < -0.4 is 5.43 Å². The van der Waals surface area contributed by atoms with Gasteiger partial charge in [0.05, 0.1) is 23.5 Å². The van der Waals surface area contributed by atoms with Gasteiger partial charge >= 0.3 is 0 Å². The summed E-state index contributed by atoms with van der Waals surface area (Å²) < 4.78 is 0. The molecule has 1 heterocycles. The Hall–Kier alpha value is -2.97. The van der Waals surface area contributed by atoms with Crippen LogP contribution in [0.5, 0.6) is 0 Å². The van der Waals surface area contributed by atoms with E-state index in [0.29, 0.717) is 5.56 Å². The fraction of sp³-hybridized carbons (Fsp3) is 0. The molecule has 5 heteroatoms. The molecule has 2 aromatic carbocycles. The standard InChI is InChI=1S/C17H12N4S/c18-10-13-5-4-6-14(9-13)11-19-21-17-20-16(12-22-17)15-7-2-1-3-8-15/h1-9,11-12H,(H,20,21). The molecule has 0 spiro atoms. The summed E-state index contributed by atoms with van der Waals surface area (Å²) in [4.78, 5) is 4.49. The molecule has 1 aromatic heterocycles. The normalized spacial score (nSPS) is 10.5. The molecule has 0 radical (unpaired) electrons. The molecule has 0 saturated heterocycles. The van der Waals surface area contributed by atoms with Gasteiger partial charge in [0.15, 0.2) is 0 Å². The summed E-state index contributed by atoms with van der Waals surface area (Å²) in [6.45, 7) is 0. The molecule has 0 aliphatic rings. The number of benzene rings is 2. The van der Waals surface area contributed by atoms with Crippen LogP contribution in [0.2, 0.25) is 0 Å². The number of hydrazone groups is 1. The number of nitrogens with zero attached hydrogens (tertiary/aromatic N) is 3. The first-order chi connectivity index (χ1) is 10.8. The van der Waals surface area contributed by atoms with Crippen molar-refractivity contribution in [1.29, 1.82) is 5.26 Å². The third-order valence-corrected chi connectivity index (χ3v) is 3.71. The Morgan fingerprint density at radius 3 is 2.82 bits per heavy atom. The van der Waals surface area contributed by atoms with Crippen molar-refractivity contribution < 1.29 is 0 Å². The van der Waals surface area contributed by atoms with Gasteiger partial charge in [0.2, 0.25) is 5.13 Å². The van der Waals surface area contributed by atoms with Crippen molar-refractivity contribution in [3.05, 3.63) is 71.1 Å². The number of rotatable bonds is 4. The quantitative estimate of drug-likeness (QED) is 0.582. The molecule has 4 nitrogen and oxygen atoms in total. The lowest BCUT2D eigenvalue weighted by atomic mass is 10.1. The van der Waals surface area contributed by atoms with Gasteiger partial charge in [-0.1, -0.05) is 42.5 Å². The van der Waals surface area contributed by atoms with Crippen LogP contribution in [0.1, 0.15) is 11.1 Å². The minimum atomic E-state index is 0.615. The number of hydrogen-bond donors (Lipinski definition) is 1. The molecule has 0 bridgehead atoms. The molecule has 3 aromatic rings. The number of aromatic nitrogens is 1. The Balaban J connectivity index is 1.68. The van der Waals surface area contributed by atoms with Crippen molar-refractivity contribution in [3.63, 3.8) is 0 Å². The zero-order valence-corrected chi connectivity index (χ0v) is 12.4. The van der Waals surface area contributed by atoms with Crippen molar-refractivity contribution >= 4 is 22.7 Å². The SMILES string of the molecule is N#Cc1cccc(C=NNc2nc(-c3ccccc3)cs2)c1. The van der Waals surface area contributed by atoms with E-state index in [9.17, 15) is 0 Å². The second kappa shape index (κ2) is 6.66. The molecule has 22 heavy (non-hydrogen) atoms. The lowest BCUT2D eigenvalue weighted by Gasteiger charge is -1.96. The Bertz CT molecular complexity index is 831. The summed E-state index contributed by atoms with van der Waals surface area (Å²) >= 11 is 1.50. The van der Waals surface area contributed by atoms with Crippen molar-refractivity contribution in [2.24, 2.45) is 5.10 Å². The third kappa shape index (κ3) is 3.37. The minimum absolute atomic E-state index is 0.615. The summed E-state index contributed by atoms with van der Waals surface area (Å²) in [7, 11) is 0. The Morgan fingerprint density at radius 1 is 1.14 bits per heavy atom. The largest absolute Gasteiger partial charge is 0.253 e. The van der Waals surface area contributed by atoms with Crippen LogP contribution in [0.25, 0.3) is 11.3 Å². The molecule has 0 unspecified atom stereocenters. The number of anilines is 1. The molecule has 106 valence electrons. The monoisotopic (exact) mass is 304 g/mol. The van der Waals surface area contributed by atoms with Crippen molar-refractivity contribution in [3.8, 4) is 17.3 Å². The highest BCUT2D eigenvalue weighted by Gasteiger charge is 2.02. The third-order valence-electron chi connectivity index (χ3n) is 2.96. The van der Waals surface area contributed by atoms with Crippen molar-refractivity contribution in [2.75, 3.05) is 5.43 Å². The summed E-state index contributed by atoms with van der Waals surface area (Å²) in [5.41, 5.74) is 6.40. The van der Waals surface area contributed by atoms with Gasteiger partial charge in [-0.15, -0.1) is 11.3 Å². The predicted molar refractivity (Wildman–Crippen MR) is 89.9 cm³/mol. The molecule has 0 fully saturated rings. The summed E-state index contributed by atoms with van der Waals surface area (Å²) in [5.74, 6) is 0. The van der Waals surface area contributed by atoms with Crippen LogP contribution in [0.4, 0.5) is 5.13 Å². The smallest absolute Gasteiger partial charge is 0.203 e. The van der Waals surface area contributed by atoms with Gasteiger partial charge in [-0.25, -0.2) is 4.98 Å². The van der Waals surface area contributed by atoms with Crippen LogP contribution in [0, 0.1) is 11.3 Å². The molecular weight excluding hydrogens is 292 g/mol. The Labute approximate surface area is 132 Å². The first-order valence-corrected chi connectivity index (χ1v) is 7.53. The van der Waals surface area contributed by atoms with Crippen LogP contribution in [0.15, 0.2) is 65.1 Å². The van der Waals surface area contributed by atoms with E-state index in [-0.39, 0.29) is 0 Å². The second-order valence-corrected chi connectivity index (χ2v) is 5.37. The van der Waals surface area contributed by atoms with E-state index < -0.39 is 0 Å². The lowest BCUT2D eigenvalue weighted by Crippen LogP contribution is -1.90. The van der Waals surface area contributed by atoms with E-state index in [0.717, 1.165) is 22.0 Å². The molecule has 0 atom stereocenters. The van der Waals surface area contributed by atoms with Gasteiger partial charge in [0, 0.05) is 10.9 Å². The zero-order chi connectivity index (χ0) is 15.2. The predicted octanol–water partition coefficient (Wildman–Crippen LogP) is 4.13. The van der Waals surface area contributed by atoms with E-state index in [1.165, 1.54) is 11.3 Å². The van der Waals surface area contributed by atoms with E-state index in [1.54, 1.807) is 18.3 Å². The van der Waals surface area contributed by atoms with Gasteiger partial charge < -0.3 is 0 Å². The van der Waals surface area contributed by atoms with E-state index in [1.807, 2.05) is 47.8 Å². The van der Waals surface area contributed by atoms with Crippen LogP contribution in [0.3, 0.4) is 0 Å². The summed E-state index contributed by atoms with van der Waals surface area (Å²) in [5, 5.41) is 15.7. The number of nitriles is 1. The average molecular weight is 304 g/mol. The first kappa shape index (κ1) is 14.0. The molecule has 1 N–H and O–H groups in total. The number of hydrogen-bond acceptors (Lipinski definition) is 5. The Kier molecular flexibility index (Phi) is 4.23. The molecule has 0 saturated carbocycles. The highest BCUT2D eigenvalue weighted by molar-refractivity contribution is 7.14. The average Bonchev–Trinajstić information content (AvgIpc) is 3.05. The van der Waals surface area contributed by atoms with Crippen LogP contribution >= 0.6 is 11.3 Å². The molecular formula is C17H12N4S. The Morgan fingerprint density at radius 2 is 2.00 bits per heavy atom. The van der Waals surface area contributed by atoms with Crippen molar-refractivity contribution in [1.82, 2.24) is 4.98 Å². The molecule has 0 aliphatic heterocycles. The fourth-order valence-electron chi connectivity index (χ4n) is 1.92. The van der Waals surface area contributed by atoms with E-state index in [4.69, 9.17) is 5.26 Å². The zero-order valence-electron chi connectivity index (χ0n) is 11.6. The van der Waals surface area contributed by atoms with Crippen LogP contribution in [-0.2, 0) is 0 Å². The maximum Gasteiger partial charge on any atom is 0.203 e. The lowest BCUT2D eigenvalue weighted by molar-refractivity contribution is 1.29. The first-order valence-electron chi connectivity index (χ1n) is 6.65. The topological polar surface area (TPSA) is 61.1 Å². The van der Waals surface area contributed by atoms with Crippen molar-refractivity contribution in [2.45, 2.75) is 0 Å². The van der Waals surface area contributed by atoms with Gasteiger partial charge in [0.1, 0.15) is 0 Å². The maximum atomic E-state index is 8.86.